The maximum Gasteiger partial charge on any atom is 0.262 e. The van der Waals surface area contributed by atoms with Crippen LogP contribution in [0.4, 0.5) is 5.69 Å². The largest absolute Gasteiger partial charge is 0.321 e. The van der Waals surface area contributed by atoms with Crippen molar-refractivity contribution >= 4 is 23.4 Å². The number of nitrogens with one attached hydrogen (secondary N) is 1. The van der Waals surface area contributed by atoms with E-state index in [9.17, 15) is 14.4 Å². The van der Waals surface area contributed by atoms with E-state index in [1.54, 1.807) is 35.9 Å². The van der Waals surface area contributed by atoms with Gasteiger partial charge in [0.1, 0.15) is 6.54 Å². The molecule has 0 atom stereocenters. The smallest absolute Gasteiger partial charge is 0.262 e. The first-order chi connectivity index (χ1) is 13.5. The highest BCUT2D eigenvalue weighted by Crippen LogP contribution is 2.24. The van der Waals surface area contributed by atoms with Crippen molar-refractivity contribution in [3.63, 3.8) is 0 Å². The van der Waals surface area contributed by atoms with Crippen LogP contribution in [0, 0.1) is 13.8 Å². The van der Waals surface area contributed by atoms with E-state index in [4.69, 9.17) is 0 Å². The zero-order chi connectivity index (χ0) is 19.8. The van der Waals surface area contributed by atoms with Crippen molar-refractivity contribution in [3.8, 4) is 5.69 Å². The Balaban J connectivity index is 1.53. The van der Waals surface area contributed by atoms with E-state index in [0.717, 1.165) is 16.3 Å². The Morgan fingerprint density at radius 3 is 2.11 bits per heavy atom. The number of aromatic nitrogens is 2. The lowest BCUT2D eigenvalue weighted by molar-refractivity contribution is -0.116. The van der Waals surface area contributed by atoms with Gasteiger partial charge in [-0.1, -0.05) is 30.3 Å². The zero-order valence-electron chi connectivity index (χ0n) is 15.5. The summed E-state index contributed by atoms with van der Waals surface area (Å²) in [5, 5.41) is 7.28. The number of hydrogen-bond donors (Lipinski definition) is 1. The average molecular weight is 374 g/mol. The number of carbonyl (C=O) groups is 3. The molecular formula is C21H18N4O3. The number of anilines is 1. The number of aryl methyl sites for hydroxylation is 1. The first-order valence-electron chi connectivity index (χ1n) is 8.84. The number of imide groups is 1. The van der Waals surface area contributed by atoms with E-state index in [-0.39, 0.29) is 6.54 Å². The molecule has 28 heavy (non-hydrogen) atoms. The topological polar surface area (TPSA) is 84.3 Å². The van der Waals surface area contributed by atoms with Gasteiger partial charge in [0, 0.05) is 0 Å². The van der Waals surface area contributed by atoms with E-state index in [1.165, 1.54) is 0 Å². The fourth-order valence-electron chi connectivity index (χ4n) is 3.35. The molecule has 0 aliphatic carbocycles. The Kier molecular flexibility index (Phi) is 4.27. The fourth-order valence-corrected chi connectivity index (χ4v) is 3.35. The highest BCUT2D eigenvalue weighted by atomic mass is 16.2. The summed E-state index contributed by atoms with van der Waals surface area (Å²) in [6, 6.07) is 16.1. The lowest BCUT2D eigenvalue weighted by atomic mass is 10.1. The van der Waals surface area contributed by atoms with Crippen molar-refractivity contribution in [1.29, 1.82) is 0 Å². The first-order valence-corrected chi connectivity index (χ1v) is 8.84. The molecule has 2 aromatic carbocycles. The molecule has 0 unspecified atom stereocenters. The summed E-state index contributed by atoms with van der Waals surface area (Å²) in [7, 11) is 0. The van der Waals surface area contributed by atoms with Crippen LogP contribution in [0.15, 0.2) is 54.6 Å². The van der Waals surface area contributed by atoms with Crippen molar-refractivity contribution in [2.24, 2.45) is 0 Å². The number of amides is 3. The molecule has 140 valence electrons. The molecule has 0 spiro atoms. The molecule has 3 amide bonds. The van der Waals surface area contributed by atoms with Crippen LogP contribution >= 0.6 is 0 Å². The summed E-state index contributed by atoms with van der Waals surface area (Å²) >= 11 is 0. The number of carbonyl (C=O) groups excluding carboxylic acids is 3. The van der Waals surface area contributed by atoms with Gasteiger partial charge in [-0.2, -0.15) is 5.10 Å². The van der Waals surface area contributed by atoms with Crippen LogP contribution in [-0.4, -0.2) is 38.9 Å². The quantitative estimate of drug-likeness (QED) is 0.712. The van der Waals surface area contributed by atoms with E-state index in [0.29, 0.717) is 22.5 Å². The van der Waals surface area contributed by atoms with E-state index < -0.39 is 17.7 Å². The molecule has 1 aromatic heterocycles. The Hall–Kier alpha value is -3.74. The second kappa shape index (κ2) is 6.77. The second-order valence-corrected chi connectivity index (χ2v) is 6.58. The Morgan fingerprint density at radius 2 is 1.50 bits per heavy atom. The Labute approximate surface area is 161 Å². The molecule has 0 fully saturated rings. The molecule has 3 aromatic rings. The Bertz CT molecular complexity index is 1070. The van der Waals surface area contributed by atoms with Crippen LogP contribution in [0.25, 0.3) is 5.69 Å². The highest BCUT2D eigenvalue weighted by Gasteiger charge is 2.36. The molecule has 1 aliphatic heterocycles. The Morgan fingerprint density at radius 1 is 0.929 bits per heavy atom. The van der Waals surface area contributed by atoms with Gasteiger partial charge < -0.3 is 5.32 Å². The molecule has 1 aliphatic rings. The van der Waals surface area contributed by atoms with Gasteiger partial charge in [0.05, 0.1) is 33.9 Å². The molecule has 0 bridgehead atoms. The standard InChI is InChI=1S/C21H18N4O3/c1-13-19(14(2)25(23-13)15-8-4-3-5-9-15)22-18(26)12-24-20(27)16-10-6-7-11-17(16)21(24)28/h3-11H,12H2,1-2H3,(H,22,26). The monoisotopic (exact) mass is 374 g/mol. The second-order valence-electron chi connectivity index (χ2n) is 6.58. The number of para-hydroxylation sites is 1. The summed E-state index contributed by atoms with van der Waals surface area (Å²) in [5.41, 5.74) is 3.51. The minimum Gasteiger partial charge on any atom is -0.321 e. The van der Waals surface area contributed by atoms with Gasteiger partial charge in [0.15, 0.2) is 0 Å². The van der Waals surface area contributed by atoms with Gasteiger partial charge >= 0.3 is 0 Å². The molecule has 0 saturated carbocycles. The molecule has 1 N–H and O–H groups in total. The molecule has 7 nitrogen and oxygen atoms in total. The van der Waals surface area contributed by atoms with Crippen molar-refractivity contribution in [3.05, 3.63) is 77.1 Å². The van der Waals surface area contributed by atoms with E-state index in [1.807, 2.05) is 37.3 Å². The van der Waals surface area contributed by atoms with E-state index >= 15 is 0 Å². The fraction of sp³-hybridized carbons (Fsp3) is 0.143. The summed E-state index contributed by atoms with van der Waals surface area (Å²) in [5.74, 6) is -1.36. The minimum absolute atomic E-state index is 0.324. The SMILES string of the molecule is Cc1nn(-c2ccccc2)c(C)c1NC(=O)CN1C(=O)c2ccccc2C1=O. The van der Waals surface area contributed by atoms with E-state index in [2.05, 4.69) is 10.4 Å². The third-order valence-corrected chi connectivity index (χ3v) is 4.74. The molecular weight excluding hydrogens is 356 g/mol. The molecule has 4 rings (SSSR count). The van der Waals surface area contributed by atoms with Crippen LogP contribution in [0.2, 0.25) is 0 Å². The predicted molar refractivity (Wildman–Crippen MR) is 103 cm³/mol. The van der Waals surface area contributed by atoms with Crippen molar-refractivity contribution in [1.82, 2.24) is 14.7 Å². The van der Waals surface area contributed by atoms with Crippen LogP contribution in [-0.2, 0) is 4.79 Å². The molecule has 0 saturated heterocycles. The predicted octanol–water partition coefficient (Wildman–Crippen LogP) is 2.72. The van der Waals surface area contributed by atoms with Crippen LogP contribution in [0.1, 0.15) is 32.1 Å². The molecule has 7 heteroatoms. The summed E-state index contributed by atoms with van der Waals surface area (Å²) in [6.07, 6.45) is 0. The van der Waals surface area contributed by atoms with Gasteiger partial charge in [-0.05, 0) is 38.1 Å². The van der Waals surface area contributed by atoms with Gasteiger partial charge in [-0.3, -0.25) is 19.3 Å². The third-order valence-electron chi connectivity index (χ3n) is 4.74. The minimum atomic E-state index is -0.454. The van der Waals surface area contributed by atoms with Crippen molar-refractivity contribution in [2.45, 2.75) is 13.8 Å². The van der Waals surface area contributed by atoms with Crippen LogP contribution < -0.4 is 5.32 Å². The maximum atomic E-state index is 12.6. The zero-order valence-corrected chi connectivity index (χ0v) is 15.5. The number of rotatable bonds is 4. The van der Waals surface area contributed by atoms with Gasteiger partial charge in [-0.15, -0.1) is 0 Å². The number of benzene rings is 2. The maximum absolute atomic E-state index is 12.6. The molecule has 2 heterocycles. The lowest BCUT2D eigenvalue weighted by Crippen LogP contribution is -2.37. The summed E-state index contributed by atoms with van der Waals surface area (Å²) < 4.78 is 1.74. The van der Waals surface area contributed by atoms with Gasteiger partial charge in [0.25, 0.3) is 11.8 Å². The van der Waals surface area contributed by atoms with Gasteiger partial charge in [-0.25, -0.2) is 4.68 Å². The molecule has 0 radical (unpaired) electrons. The van der Waals surface area contributed by atoms with Crippen LogP contribution in [0.3, 0.4) is 0 Å². The summed E-state index contributed by atoms with van der Waals surface area (Å²) in [4.78, 5) is 38.4. The van der Waals surface area contributed by atoms with Gasteiger partial charge in [0.2, 0.25) is 5.91 Å². The van der Waals surface area contributed by atoms with Crippen molar-refractivity contribution < 1.29 is 14.4 Å². The number of fused-ring (bicyclic) bond motifs is 1. The lowest BCUT2D eigenvalue weighted by Gasteiger charge is -2.14. The number of nitrogens with zero attached hydrogens (tertiary/aromatic N) is 3. The van der Waals surface area contributed by atoms with Crippen LogP contribution in [0.5, 0.6) is 0 Å². The third kappa shape index (κ3) is 2.87. The normalized spacial score (nSPS) is 13.0. The highest BCUT2D eigenvalue weighted by molar-refractivity contribution is 6.22. The average Bonchev–Trinajstić information content (AvgIpc) is 3.12. The number of hydrogen-bond acceptors (Lipinski definition) is 4. The first kappa shape index (κ1) is 17.7. The summed E-state index contributed by atoms with van der Waals surface area (Å²) in [6.45, 7) is 3.30. The van der Waals surface area contributed by atoms with Crippen molar-refractivity contribution in [2.75, 3.05) is 11.9 Å².